The van der Waals surface area contributed by atoms with Gasteiger partial charge in [0, 0.05) is 31.9 Å². The van der Waals surface area contributed by atoms with Crippen molar-refractivity contribution in [3.8, 4) is 5.75 Å². The molecule has 2 atom stereocenters. The Morgan fingerprint density at radius 2 is 1.58 bits per heavy atom. The van der Waals surface area contributed by atoms with Crippen LogP contribution >= 0.6 is 24.8 Å². The van der Waals surface area contributed by atoms with Crippen LogP contribution in [0.3, 0.4) is 0 Å². The van der Waals surface area contributed by atoms with Crippen molar-refractivity contribution in [1.82, 2.24) is 9.80 Å². The van der Waals surface area contributed by atoms with E-state index in [0.29, 0.717) is 6.54 Å². The summed E-state index contributed by atoms with van der Waals surface area (Å²) in [6, 6.07) is 15.6. The molecule has 1 heterocycles. The molecule has 3 rings (SSSR count). The third-order valence-corrected chi connectivity index (χ3v) is 5.29. The van der Waals surface area contributed by atoms with Crippen LogP contribution in [0.5, 0.6) is 5.75 Å². The maximum Gasteiger partial charge on any atom is 0.238 e. The lowest BCUT2D eigenvalue weighted by molar-refractivity contribution is -0.118. The number of amides is 1. The summed E-state index contributed by atoms with van der Waals surface area (Å²) in [5.74, 6) is 0.747. The predicted molar refractivity (Wildman–Crippen MR) is 130 cm³/mol. The summed E-state index contributed by atoms with van der Waals surface area (Å²) in [6.07, 6.45) is -1.02. The second-order valence-corrected chi connectivity index (χ2v) is 7.69. The largest absolute Gasteiger partial charge is 0.472 e. The lowest BCUT2D eigenvalue weighted by atomic mass is 10.1. The van der Waals surface area contributed by atoms with Crippen LogP contribution in [-0.4, -0.2) is 65.9 Å². The molecule has 2 aromatic carbocycles. The van der Waals surface area contributed by atoms with E-state index >= 15 is 0 Å². The van der Waals surface area contributed by atoms with Crippen molar-refractivity contribution in [3.05, 3.63) is 59.7 Å². The molecule has 2 aromatic rings. The summed E-state index contributed by atoms with van der Waals surface area (Å²) in [7, 11) is 0. The minimum atomic E-state index is -0.617. The van der Waals surface area contributed by atoms with E-state index < -0.39 is 12.3 Å². The number of para-hydroxylation sites is 2. The molecule has 2 N–H and O–H groups in total. The molecule has 1 amide bonds. The first kappa shape index (κ1) is 27.2. The molecule has 0 bridgehead atoms. The van der Waals surface area contributed by atoms with Crippen molar-refractivity contribution in [2.75, 3.05) is 38.0 Å². The van der Waals surface area contributed by atoms with Crippen LogP contribution in [-0.2, 0) is 4.79 Å². The number of benzene rings is 2. The van der Waals surface area contributed by atoms with Gasteiger partial charge in [0.05, 0.1) is 6.54 Å². The van der Waals surface area contributed by atoms with Gasteiger partial charge in [0.1, 0.15) is 11.9 Å². The fourth-order valence-electron chi connectivity index (χ4n) is 3.69. The Morgan fingerprint density at radius 3 is 2.13 bits per heavy atom. The molecule has 1 aliphatic heterocycles. The zero-order valence-electron chi connectivity index (χ0n) is 18.3. The average Bonchev–Trinajstić information content (AvgIpc) is 2.70. The van der Waals surface area contributed by atoms with Gasteiger partial charge in [-0.05, 0) is 44.0 Å². The van der Waals surface area contributed by atoms with Crippen LogP contribution in [0.2, 0.25) is 0 Å². The van der Waals surface area contributed by atoms with Gasteiger partial charge in [-0.15, -0.1) is 24.8 Å². The third kappa shape index (κ3) is 7.66. The molecule has 1 saturated heterocycles. The molecule has 2 unspecified atom stereocenters. The van der Waals surface area contributed by atoms with Crippen molar-refractivity contribution >= 4 is 36.4 Å². The summed E-state index contributed by atoms with van der Waals surface area (Å²) in [4.78, 5) is 16.8. The standard InChI is InChI=1S/C23H31N3O3.2ClH/c1-17-8-7-9-18(2)22(17)24-21(28)16-25-12-14-26(15-13-25)23(19(3)27)29-20-10-5-4-6-11-20;;/h4-11,19,23,27H,12-16H2,1-3H3,(H,24,28);2*1H. The number of carbonyl (C=O) groups excluding carboxylic acids is 1. The number of hydrogen-bond acceptors (Lipinski definition) is 5. The maximum absolute atomic E-state index is 12.5. The normalized spacial score (nSPS) is 16.4. The van der Waals surface area contributed by atoms with E-state index in [0.717, 1.165) is 48.7 Å². The highest BCUT2D eigenvalue weighted by molar-refractivity contribution is 5.93. The Bertz CT molecular complexity index is 793. The Hall–Kier alpha value is -1.83. The minimum absolute atomic E-state index is 0. The van der Waals surface area contributed by atoms with Gasteiger partial charge in [0.25, 0.3) is 0 Å². The zero-order chi connectivity index (χ0) is 20.8. The number of hydrogen-bond donors (Lipinski definition) is 2. The second-order valence-electron chi connectivity index (χ2n) is 7.69. The molecule has 0 aromatic heterocycles. The first-order valence-electron chi connectivity index (χ1n) is 10.2. The third-order valence-electron chi connectivity index (χ3n) is 5.29. The number of piperazine rings is 1. The molecule has 31 heavy (non-hydrogen) atoms. The molecule has 0 spiro atoms. The van der Waals surface area contributed by atoms with Crippen LogP contribution in [0.15, 0.2) is 48.5 Å². The SMILES string of the molecule is Cc1cccc(C)c1NC(=O)CN1CCN(C(Oc2ccccc2)C(C)O)CC1.Cl.Cl. The van der Waals surface area contributed by atoms with Crippen molar-refractivity contribution in [2.45, 2.75) is 33.1 Å². The van der Waals surface area contributed by atoms with Crippen LogP contribution in [0, 0.1) is 13.8 Å². The highest BCUT2D eigenvalue weighted by Gasteiger charge is 2.29. The summed E-state index contributed by atoms with van der Waals surface area (Å²) >= 11 is 0. The summed E-state index contributed by atoms with van der Waals surface area (Å²) < 4.78 is 6.02. The van der Waals surface area contributed by atoms with Crippen molar-refractivity contribution in [1.29, 1.82) is 0 Å². The van der Waals surface area contributed by atoms with Gasteiger partial charge < -0.3 is 15.2 Å². The number of aliphatic hydroxyl groups is 1. The molecular weight excluding hydrogens is 437 g/mol. The topological polar surface area (TPSA) is 65.0 Å². The Labute approximate surface area is 197 Å². The molecule has 0 radical (unpaired) electrons. The molecule has 0 saturated carbocycles. The first-order valence-corrected chi connectivity index (χ1v) is 10.2. The van der Waals surface area contributed by atoms with Gasteiger partial charge in [-0.2, -0.15) is 0 Å². The number of nitrogens with one attached hydrogen (secondary N) is 1. The van der Waals surface area contributed by atoms with Gasteiger partial charge in [0.15, 0.2) is 6.23 Å². The molecular formula is C23H33Cl2N3O3. The molecule has 1 fully saturated rings. The summed E-state index contributed by atoms with van der Waals surface area (Å²) in [5.41, 5.74) is 3.04. The number of ether oxygens (including phenoxy) is 1. The number of aryl methyl sites for hydroxylation is 2. The Balaban J connectivity index is 0.00000240. The molecule has 8 heteroatoms. The van der Waals surface area contributed by atoms with E-state index in [4.69, 9.17) is 4.74 Å². The highest BCUT2D eigenvalue weighted by atomic mass is 35.5. The highest BCUT2D eigenvalue weighted by Crippen LogP contribution is 2.20. The average molecular weight is 470 g/mol. The van der Waals surface area contributed by atoms with Gasteiger partial charge in [0.2, 0.25) is 5.91 Å². The Kier molecular flexibility index (Phi) is 11.3. The number of nitrogens with zero attached hydrogens (tertiary/aromatic N) is 2. The van der Waals surface area contributed by atoms with Crippen molar-refractivity contribution < 1.29 is 14.6 Å². The molecule has 6 nitrogen and oxygen atoms in total. The number of halogens is 2. The van der Waals surface area contributed by atoms with E-state index in [9.17, 15) is 9.90 Å². The van der Waals surface area contributed by atoms with E-state index in [1.807, 2.05) is 62.4 Å². The summed E-state index contributed by atoms with van der Waals surface area (Å²) in [5, 5.41) is 13.3. The van der Waals surface area contributed by atoms with Gasteiger partial charge >= 0.3 is 0 Å². The van der Waals surface area contributed by atoms with Crippen molar-refractivity contribution in [2.24, 2.45) is 0 Å². The van der Waals surface area contributed by atoms with E-state index in [1.54, 1.807) is 6.92 Å². The predicted octanol–water partition coefficient (Wildman–Crippen LogP) is 3.49. The number of rotatable bonds is 7. The quantitative estimate of drug-likeness (QED) is 0.649. The fourth-order valence-corrected chi connectivity index (χ4v) is 3.69. The van der Waals surface area contributed by atoms with E-state index in [1.165, 1.54) is 0 Å². The zero-order valence-corrected chi connectivity index (χ0v) is 19.9. The Morgan fingerprint density at radius 1 is 1.00 bits per heavy atom. The summed E-state index contributed by atoms with van der Waals surface area (Å²) in [6.45, 7) is 9.09. The minimum Gasteiger partial charge on any atom is -0.472 e. The number of aliphatic hydroxyl groups excluding tert-OH is 1. The van der Waals surface area contributed by atoms with Crippen LogP contribution in [0.4, 0.5) is 5.69 Å². The van der Waals surface area contributed by atoms with Gasteiger partial charge in [-0.3, -0.25) is 14.6 Å². The molecule has 0 aliphatic carbocycles. The van der Waals surface area contributed by atoms with Crippen LogP contribution in [0.25, 0.3) is 0 Å². The fraction of sp³-hybridized carbons (Fsp3) is 0.435. The lowest BCUT2D eigenvalue weighted by Gasteiger charge is -2.39. The van der Waals surface area contributed by atoms with Gasteiger partial charge in [-0.1, -0.05) is 36.4 Å². The van der Waals surface area contributed by atoms with E-state index in [-0.39, 0.29) is 30.7 Å². The lowest BCUT2D eigenvalue weighted by Crippen LogP contribution is -2.56. The van der Waals surface area contributed by atoms with Crippen LogP contribution in [0.1, 0.15) is 18.1 Å². The molecule has 172 valence electrons. The number of anilines is 1. The van der Waals surface area contributed by atoms with Gasteiger partial charge in [-0.25, -0.2) is 0 Å². The number of carbonyl (C=O) groups is 1. The van der Waals surface area contributed by atoms with Crippen molar-refractivity contribution in [3.63, 3.8) is 0 Å². The second kappa shape index (κ2) is 12.9. The molecule has 1 aliphatic rings. The van der Waals surface area contributed by atoms with E-state index in [2.05, 4.69) is 15.1 Å². The monoisotopic (exact) mass is 469 g/mol. The maximum atomic E-state index is 12.5. The smallest absolute Gasteiger partial charge is 0.238 e. The van der Waals surface area contributed by atoms with Crippen LogP contribution < -0.4 is 10.1 Å². The first-order chi connectivity index (χ1) is 13.9.